The molecule has 1 heterocycles. The number of aliphatic imine (C=N–C) groups is 2. The zero-order valence-corrected chi connectivity index (χ0v) is 14.4. The number of hydrogen-bond acceptors (Lipinski definition) is 8. The predicted molar refractivity (Wildman–Crippen MR) is 92.9 cm³/mol. The second-order valence-corrected chi connectivity index (χ2v) is 5.01. The minimum atomic E-state index is -0.573. The molecular weight excluding hydrogens is 328 g/mol. The maximum Gasteiger partial charge on any atom is 0.284 e. The lowest BCUT2D eigenvalue weighted by atomic mass is 10.1. The summed E-state index contributed by atoms with van der Waals surface area (Å²) in [4.78, 5) is 19.4. The van der Waals surface area contributed by atoms with Crippen LogP contribution in [0.3, 0.4) is 0 Å². The summed E-state index contributed by atoms with van der Waals surface area (Å²) in [5.74, 6) is 0.418. The summed E-state index contributed by atoms with van der Waals surface area (Å²) >= 11 is 0. The number of benzene rings is 1. The van der Waals surface area contributed by atoms with Crippen molar-refractivity contribution in [1.82, 2.24) is 0 Å². The molecule has 1 aliphatic rings. The Morgan fingerprint density at radius 3 is 2.16 bits per heavy atom. The second-order valence-electron chi connectivity index (χ2n) is 5.01. The van der Waals surface area contributed by atoms with Gasteiger partial charge in [-0.25, -0.2) is 0 Å². The average Bonchev–Trinajstić information content (AvgIpc) is 2.58. The topological polar surface area (TPSA) is 131 Å². The van der Waals surface area contributed by atoms with E-state index in [4.69, 9.17) is 30.4 Å². The van der Waals surface area contributed by atoms with Gasteiger partial charge >= 0.3 is 0 Å². The quantitative estimate of drug-likeness (QED) is 0.570. The molecule has 2 rings (SSSR count). The Kier molecular flexibility index (Phi) is 5.60. The number of ether oxygens (including phenoxy) is 4. The molecule has 0 saturated carbocycles. The summed E-state index contributed by atoms with van der Waals surface area (Å²) < 4.78 is 21.5. The van der Waals surface area contributed by atoms with Gasteiger partial charge in [-0.2, -0.15) is 9.98 Å². The molecule has 1 aliphatic heterocycles. The molecule has 1 unspecified atom stereocenters. The SMILES string of the molecule is COc1cc(/C=C2\C(=O)N=C(N)N=C2N)cc(OC)c1OC(C)OC. The summed E-state index contributed by atoms with van der Waals surface area (Å²) in [6.45, 7) is 1.73. The number of amides is 1. The molecule has 9 heteroatoms. The molecule has 0 spiro atoms. The van der Waals surface area contributed by atoms with Gasteiger partial charge in [-0.3, -0.25) is 4.79 Å². The van der Waals surface area contributed by atoms with Crippen molar-refractivity contribution in [3.8, 4) is 17.2 Å². The zero-order chi connectivity index (χ0) is 18.6. The Bertz CT molecular complexity index is 745. The van der Waals surface area contributed by atoms with Crippen molar-refractivity contribution in [3.05, 3.63) is 23.3 Å². The van der Waals surface area contributed by atoms with Crippen LogP contribution in [0.4, 0.5) is 0 Å². The summed E-state index contributed by atoms with van der Waals surface area (Å²) in [5, 5.41) is 0. The third-order valence-electron chi connectivity index (χ3n) is 3.37. The van der Waals surface area contributed by atoms with Gasteiger partial charge in [0.2, 0.25) is 11.7 Å². The van der Waals surface area contributed by atoms with Crippen LogP contribution in [-0.2, 0) is 9.53 Å². The largest absolute Gasteiger partial charge is 0.493 e. The highest BCUT2D eigenvalue weighted by atomic mass is 16.7. The van der Waals surface area contributed by atoms with Crippen LogP contribution in [0, 0.1) is 0 Å². The highest BCUT2D eigenvalue weighted by Gasteiger charge is 2.21. The number of guanidine groups is 1. The van der Waals surface area contributed by atoms with E-state index < -0.39 is 12.2 Å². The van der Waals surface area contributed by atoms with Crippen LogP contribution in [0.1, 0.15) is 12.5 Å². The molecule has 0 bridgehead atoms. The monoisotopic (exact) mass is 348 g/mol. The maximum atomic E-state index is 12.0. The number of nitrogens with zero attached hydrogens (tertiary/aromatic N) is 2. The van der Waals surface area contributed by atoms with Gasteiger partial charge in [-0.05, 0) is 30.7 Å². The average molecular weight is 348 g/mol. The third-order valence-corrected chi connectivity index (χ3v) is 3.37. The minimum absolute atomic E-state index is 0.0104. The molecule has 134 valence electrons. The molecule has 0 radical (unpaired) electrons. The Balaban J connectivity index is 2.48. The number of rotatable bonds is 6. The van der Waals surface area contributed by atoms with Gasteiger partial charge in [0.1, 0.15) is 5.84 Å². The molecule has 4 N–H and O–H groups in total. The molecule has 9 nitrogen and oxygen atoms in total. The van der Waals surface area contributed by atoms with Crippen LogP contribution >= 0.6 is 0 Å². The summed E-state index contributed by atoms with van der Waals surface area (Å²) in [7, 11) is 4.50. The summed E-state index contributed by atoms with van der Waals surface area (Å²) in [5.41, 5.74) is 11.9. The molecule has 0 fully saturated rings. The van der Waals surface area contributed by atoms with Crippen molar-refractivity contribution < 1.29 is 23.7 Å². The van der Waals surface area contributed by atoms with Crippen molar-refractivity contribution >= 4 is 23.8 Å². The minimum Gasteiger partial charge on any atom is -0.493 e. The Morgan fingerprint density at radius 2 is 1.68 bits per heavy atom. The first-order valence-electron chi connectivity index (χ1n) is 7.29. The lowest BCUT2D eigenvalue weighted by molar-refractivity contribution is -0.113. The van der Waals surface area contributed by atoms with E-state index in [9.17, 15) is 4.79 Å². The van der Waals surface area contributed by atoms with E-state index in [1.165, 1.54) is 27.4 Å². The smallest absolute Gasteiger partial charge is 0.284 e. The van der Waals surface area contributed by atoms with E-state index in [1.54, 1.807) is 19.1 Å². The summed E-state index contributed by atoms with van der Waals surface area (Å²) in [6.07, 6.45) is 1.01. The Labute approximate surface area is 144 Å². The van der Waals surface area contributed by atoms with Gasteiger partial charge in [-0.15, -0.1) is 0 Å². The lowest BCUT2D eigenvalue weighted by Gasteiger charge is -2.19. The normalized spacial score (nSPS) is 17.0. The maximum absolute atomic E-state index is 12.0. The van der Waals surface area contributed by atoms with Crippen molar-refractivity contribution in [2.45, 2.75) is 13.2 Å². The Hall–Kier alpha value is -3.07. The first kappa shape index (κ1) is 18.3. The van der Waals surface area contributed by atoms with E-state index >= 15 is 0 Å². The standard InChI is InChI=1S/C16H20N4O5/c1-8(22-2)25-13-11(23-3)6-9(7-12(13)24-4)5-10-14(17)19-16(18)20-15(10)21/h5-8H,1-4H3,(H4,17,18,19,20,21)/b10-5-. The van der Waals surface area contributed by atoms with Gasteiger partial charge in [0.05, 0.1) is 19.8 Å². The Morgan fingerprint density at radius 1 is 1.08 bits per heavy atom. The van der Waals surface area contributed by atoms with E-state index in [0.29, 0.717) is 22.8 Å². The highest BCUT2D eigenvalue weighted by molar-refractivity contribution is 6.29. The number of carbonyl (C=O) groups is 1. The van der Waals surface area contributed by atoms with Crippen LogP contribution in [0.5, 0.6) is 17.2 Å². The van der Waals surface area contributed by atoms with Crippen molar-refractivity contribution in [2.75, 3.05) is 21.3 Å². The number of amidine groups is 1. The molecule has 1 aromatic carbocycles. The van der Waals surface area contributed by atoms with Crippen LogP contribution in [-0.4, -0.2) is 45.3 Å². The lowest BCUT2D eigenvalue weighted by Crippen LogP contribution is -2.29. The fraction of sp³-hybridized carbons (Fsp3) is 0.312. The van der Waals surface area contributed by atoms with Gasteiger partial charge < -0.3 is 30.4 Å². The number of carbonyl (C=O) groups excluding carboxylic acids is 1. The summed E-state index contributed by atoms with van der Waals surface area (Å²) in [6, 6.07) is 3.32. The first-order chi connectivity index (χ1) is 11.9. The zero-order valence-electron chi connectivity index (χ0n) is 14.4. The van der Waals surface area contributed by atoms with Crippen molar-refractivity contribution in [2.24, 2.45) is 21.5 Å². The molecule has 25 heavy (non-hydrogen) atoms. The van der Waals surface area contributed by atoms with Crippen LogP contribution in [0.15, 0.2) is 27.7 Å². The molecule has 0 aromatic heterocycles. The van der Waals surface area contributed by atoms with E-state index in [2.05, 4.69) is 9.98 Å². The van der Waals surface area contributed by atoms with E-state index in [0.717, 1.165) is 0 Å². The molecule has 1 aromatic rings. The van der Waals surface area contributed by atoms with Crippen LogP contribution < -0.4 is 25.7 Å². The van der Waals surface area contributed by atoms with Gasteiger partial charge in [0.15, 0.2) is 17.8 Å². The van der Waals surface area contributed by atoms with E-state index in [1.807, 2.05) is 0 Å². The number of nitrogens with two attached hydrogens (primary N) is 2. The van der Waals surface area contributed by atoms with E-state index in [-0.39, 0.29) is 17.4 Å². The van der Waals surface area contributed by atoms with Crippen LogP contribution in [0.25, 0.3) is 6.08 Å². The number of hydrogen-bond donors (Lipinski definition) is 2. The number of methoxy groups -OCH3 is 3. The predicted octanol–water partition coefficient (Wildman–Crippen LogP) is 0.670. The molecule has 1 atom stereocenters. The third kappa shape index (κ3) is 4.07. The fourth-order valence-corrected chi connectivity index (χ4v) is 2.10. The van der Waals surface area contributed by atoms with Gasteiger partial charge in [0.25, 0.3) is 5.91 Å². The van der Waals surface area contributed by atoms with Gasteiger partial charge in [-0.1, -0.05) is 0 Å². The molecular formula is C16H20N4O5. The van der Waals surface area contributed by atoms with Gasteiger partial charge in [0, 0.05) is 7.11 Å². The van der Waals surface area contributed by atoms with Crippen LogP contribution in [0.2, 0.25) is 0 Å². The molecule has 0 saturated heterocycles. The molecule has 0 aliphatic carbocycles. The first-order valence-corrected chi connectivity index (χ1v) is 7.29. The fourth-order valence-electron chi connectivity index (χ4n) is 2.10. The second kappa shape index (κ2) is 7.67. The highest BCUT2D eigenvalue weighted by Crippen LogP contribution is 2.39. The molecule has 1 amide bonds. The van der Waals surface area contributed by atoms with Crippen molar-refractivity contribution in [3.63, 3.8) is 0 Å². The van der Waals surface area contributed by atoms with Crippen molar-refractivity contribution in [1.29, 1.82) is 0 Å².